The third-order valence-electron chi connectivity index (χ3n) is 3.46. The fourth-order valence-electron chi connectivity index (χ4n) is 2.52. The van der Waals surface area contributed by atoms with E-state index in [1.807, 2.05) is 6.92 Å². The monoisotopic (exact) mass is 198 g/mol. The first-order valence-corrected chi connectivity index (χ1v) is 5.83. The molecule has 2 aliphatic rings. The highest BCUT2D eigenvalue weighted by molar-refractivity contribution is 4.86. The molecular weight excluding hydrogens is 176 g/mol. The number of rotatable bonds is 3. The summed E-state index contributed by atoms with van der Waals surface area (Å²) >= 11 is 0. The summed E-state index contributed by atoms with van der Waals surface area (Å²) in [5.74, 6) is 0. The van der Waals surface area contributed by atoms with Crippen LogP contribution in [0.15, 0.2) is 0 Å². The Morgan fingerprint density at radius 1 is 1.07 bits per heavy atom. The molecule has 2 saturated heterocycles. The second kappa shape index (κ2) is 4.17. The van der Waals surface area contributed by atoms with E-state index >= 15 is 0 Å². The highest BCUT2D eigenvalue weighted by atomic mass is 16.3. The van der Waals surface area contributed by atoms with Crippen LogP contribution in [-0.4, -0.2) is 59.8 Å². The van der Waals surface area contributed by atoms with E-state index in [1.54, 1.807) is 0 Å². The maximum atomic E-state index is 9.80. The molecule has 2 aliphatic heterocycles. The van der Waals surface area contributed by atoms with Crippen molar-refractivity contribution in [1.29, 1.82) is 0 Å². The Morgan fingerprint density at radius 3 is 2.29 bits per heavy atom. The number of hydrogen-bond acceptors (Lipinski definition) is 3. The van der Waals surface area contributed by atoms with Gasteiger partial charge in [-0.2, -0.15) is 0 Å². The lowest BCUT2D eigenvalue weighted by atomic mass is 10.1. The third kappa shape index (κ3) is 2.69. The lowest BCUT2D eigenvalue weighted by Crippen LogP contribution is -2.35. The summed E-state index contributed by atoms with van der Waals surface area (Å²) in [5, 5.41) is 9.80. The topological polar surface area (TPSA) is 26.7 Å². The molecule has 0 amide bonds. The van der Waals surface area contributed by atoms with E-state index in [-0.39, 0.29) is 0 Å². The lowest BCUT2D eigenvalue weighted by molar-refractivity contribution is 0.0677. The van der Waals surface area contributed by atoms with Crippen LogP contribution in [0.4, 0.5) is 0 Å². The quantitative estimate of drug-likeness (QED) is 0.717. The van der Waals surface area contributed by atoms with Crippen molar-refractivity contribution in [3.63, 3.8) is 0 Å². The summed E-state index contributed by atoms with van der Waals surface area (Å²) in [6.07, 6.45) is 3.68. The summed E-state index contributed by atoms with van der Waals surface area (Å²) in [6.45, 7) is 8.77. The second-order valence-electron chi connectivity index (χ2n) is 5.07. The van der Waals surface area contributed by atoms with Crippen LogP contribution in [0.2, 0.25) is 0 Å². The van der Waals surface area contributed by atoms with Crippen molar-refractivity contribution in [3.8, 4) is 0 Å². The van der Waals surface area contributed by atoms with Gasteiger partial charge in [-0.25, -0.2) is 0 Å². The van der Waals surface area contributed by atoms with Gasteiger partial charge in [0.25, 0.3) is 0 Å². The average Bonchev–Trinajstić information content (AvgIpc) is 2.70. The number of aliphatic hydroxyl groups is 1. The zero-order valence-corrected chi connectivity index (χ0v) is 9.21. The van der Waals surface area contributed by atoms with Gasteiger partial charge in [-0.3, -0.25) is 4.90 Å². The molecule has 82 valence electrons. The van der Waals surface area contributed by atoms with Gasteiger partial charge < -0.3 is 10.0 Å². The summed E-state index contributed by atoms with van der Waals surface area (Å²) in [7, 11) is 0. The predicted molar refractivity (Wildman–Crippen MR) is 57.4 cm³/mol. The van der Waals surface area contributed by atoms with Gasteiger partial charge in [-0.05, 0) is 39.3 Å². The second-order valence-corrected chi connectivity index (χ2v) is 5.07. The smallest absolute Gasteiger partial charge is 0.0758 e. The number of β-amino-alcohol motifs (C(OH)–C–C–N with tert-alkyl or cyclic N) is 1. The van der Waals surface area contributed by atoms with Crippen molar-refractivity contribution in [1.82, 2.24) is 9.80 Å². The maximum Gasteiger partial charge on any atom is 0.0758 e. The molecule has 1 unspecified atom stereocenters. The van der Waals surface area contributed by atoms with E-state index in [4.69, 9.17) is 0 Å². The fourth-order valence-corrected chi connectivity index (χ4v) is 2.52. The zero-order valence-electron chi connectivity index (χ0n) is 9.21. The molecule has 3 heteroatoms. The van der Waals surface area contributed by atoms with Crippen molar-refractivity contribution in [2.45, 2.75) is 31.8 Å². The van der Waals surface area contributed by atoms with Crippen LogP contribution in [0.25, 0.3) is 0 Å². The van der Waals surface area contributed by atoms with Gasteiger partial charge in [0.2, 0.25) is 0 Å². The van der Waals surface area contributed by atoms with Crippen LogP contribution in [-0.2, 0) is 0 Å². The minimum Gasteiger partial charge on any atom is -0.389 e. The van der Waals surface area contributed by atoms with E-state index in [0.29, 0.717) is 0 Å². The van der Waals surface area contributed by atoms with E-state index in [1.165, 1.54) is 32.5 Å². The van der Waals surface area contributed by atoms with Crippen molar-refractivity contribution >= 4 is 0 Å². The van der Waals surface area contributed by atoms with E-state index < -0.39 is 5.60 Å². The Morgan fingerprint density at radius 2 is 1.71 bits per heavy atom. The SMILES string of the molecule is CC1(O)CCN(CCN2CCCC2)C1. The highest BCUT2D eigenvalue weighted by Gasteiger charge is 2.31. The van der Waals surface area contributed by atoms with Gasteiger partial charge in [-0.1, -0.05) is 0 Å². The van der Waals surface area contributed by atoms with Crippen LogP contribution in [0, 0.1) is 0 Å². The normalized spacial score (nSPS) is 35.6. The van der Waals surface area contributed by atoms with Crippen LogP contribution >= 0.6 is 0 Å². The van der Waals surface area contributed by atoms with Gasteiger partial charge in [0, 0.05) is 26.2 Å². The molecule has 0 radical (unpaired) electrons. The Balaban J connectivity index is 1.66. The van der Waals surface area contributed by atoms with E-state index in [2.05, 4.69) is 9.80 Å². The molecule has 1 atom stereocenters. The number of nitrogens with zero attached hydrogens (tertiary/aromatic N) is 2. The van der Waals surface area contributed by atoms with Crippen molar-refractivity contribution in [2.24, 2.45) is 0 Å². The summed E-state index contributed by atoms with van der Waals surface area (Å²) in [4.78, 5) is 4.92. The lowest BCUT2D eigenvalue weighted by Gasteiger charge is -2.22. The Hall–Kier alpha value is -0.120. The first kappa shape index (κ1) is 10.4. The van der Waals surface area contributed by atoms with Crippen LogP contribution < -0.4 is 0 Å². The Bertz CT molecular complexity index is 188. The van der Waals surface area contributed by atoms with E-state index in [9.17, 15) is 5.11 Å². The molecule has 0 aromatic rings. The average molecular weight is 198 g/mol. The van der Waals surface area contributed by atoms with Crippen LogP contribution in [0.5, 0.6) is 0 Å². The molecule has 2 heterocycles. The molecule has 2 fully saturated rings. The zero-order chi connectivity index (χ0) is 10.0. The van der Waals surface area contributed by atoms with E-state index in [0.717, 1.165) is 26.1 Å². The number of likely N-dealkylation sites (tertiary alicyclic amines) is 2. The van der Waals surface area contributed by atoms with Gasteiger partial charge in [0.15, 0.2) is 0 Å². The first-order chi connectivity index (χ1) is 6.66. The largest absolute Gasteiger partial charge is 0.389 e. The summed E-state index contributed by atoms with van der Waals surface area (Å²) in [6, 6.07) is 0. The molecule has 0 aromatic heterocycles. The fraction of sp³-hybridized carbons (Fsp3) is 1.00. The third-order valence-corrected chi connectivity index (χ3v) is 3.46. The van der Waals surface area contributed by atoms with Gasteiger partial charge in [0.05, 0.1) is 5.60 Å². The van der Waals surface area contributed by atoms with Crippen LogP contribution in [0.3, 0.4) is 0 Å². The first-order valence-electron chi connectivity index (χ1n) is 5.83. The van der Waals surface area contributed by atoms with Crippen molar-refractivity contribution < 1.29 is 5.11 Å². The molecule has 3 nitrogen and oxygen atoms in total. The molecule has 0 spiro atoms. The molecule has 1 N–H and O–H groups in total. The Kier molecular flexibility index (Phi) is 3.10. The predicted octanol–water partition coefficient (Wildman–Crippen LogP) is 0.539. The standard InChI is InChI=1S/C11H22N2O/c1-11(14)4-7-13(10-11)9-8-12-5-2-3-6-12/h14H,2-10H2,1H3. The summed E-state index contributed by atoms with van der Waals surface area (Å²) in [5.41, 5.74) is -0.426. The molecule has 0 saturated carbocycles. The molecule has 2 rings (SSSR count). The molecule has 14 heavy (non-hydrogen) atoms. The van der Waals surface area contributed by atoms with Gasteiger partial charge in [0.1, 0.15) is 0 Å². The molecule has 0 aliphatic carbocycles. The van der Waals surface area contributed by atoms with Crippen molar-refractivity contribution in [3.05, 3.63) is 0 Å². The molecular formula is C11H22N2O. The Labute approximate surface area is 86.7 Å². The van der Waals surface area contributed by atoms with Crippen LogP contribution in [0.1, 0.15) is 26.2 Å². The van der Waals surface area contributed by atoms with Crippen molar-refractivity contribution in [2.75, 3.05) is 39.3 Å². The molecule has 0 bridgehead atoms. The minimum atomic E-state index is -0.426. The maximum absolute atomic E-state index is 9.80. The number of hydrogen-bond donors (Lipinski definition) is 1. The van der Waals surface area contributed by atoms with Gasteiger partial charge >= 0.3 is 0 Å². The summed E-state index contributed by atoms with van der Waals surface area (Å²) < 4.78 is 0. The minimum absolute atomic E-state index is 0.426. The molecule has 0 aromatic carbocycles. The highest BCUT2D eigenvalue weighted by Crippen LogP contribution is 2.19. The van der Waals surface area contributed by atoms with Gasteiger partial charge in [-0.15, -0.1) is 0 Å².